The van der Waals surface area contributed by atoms with Crippen LogP contribution in [0.2, 0.25) is 0 Å². The van der Waals surface area contributed by atoms with Crippen molar-refractivity contribution in [2.45, 2.75) is 80.8 Å². The molecule has 2 aliphatic carbocycles. The molecule has 3 heteroatoms. The van der Waals surface area contributed by atoms with Crippen LogP contribution >= 0.6 is 15.8 Å². The summed E-state index contributed by atoms with van der Waals surface area (Å²) in [7, 11) is -1.27. The zero-order valence-corrected chi connectivity index (χ0v) is 32.5. The van der Waals surface area contributed by atoms with Gasteiger partial charge in [-0.1, -0.05) is 161 Å². The van der Waals surface area contributed by atoms with Gasteiger partial charge in [-0.3, -0.25) is 0 Å². The van der Waals surface area contributed by atoms with Gasteiger partial charge in [0, 0.05) is 22.7 Å². The first kappa shape index (κ1) is 37.0. The van der Waals surface area contributed by atoms with Gasteiger partial charge < -0.3 is 0 Å². The third kappa shape index (κ3) is 9.44. The summed E-state index contributed by atoms with van der Waals surface area (Å²) in [6.07, 6.45) is 15.6. The minimum atomic E-state index is -0.673. The second kappa shape index (κ2) is 16.6. The maximum Gasteiger partial charge on any atom is 0.00970 e. The number of benzene rings is 4. The molecule has 1 atom stereocenters. The largest absolute Gasteiger partial charge is 0.0808 e. The van der Waals surface area contributed by atoms with Crippen LogP contribution in [0.25, 0.3) is 0 Å². The van der Waals surface area contributed by atoms with Crippen LogP contribution in [0.1, 0.15) is 64.3 Å². The molecule has 0 saturated carbocycles. The van der Waals surface area contributed by atoms with Crippen molar-refractivity contribution in [1.82, 2.24) is 0 Å². The first-order valence-corrected chi connectivity index (χ1v) is 19.4. The predicted molar refractivity (Wildman–Crippen MR) is 209 cm³/mol. The van der Waals surface area contributed by atoms with Crippen molar-refractivity contribution in [2.75, 3.05) is 0 Å². The van der Waals surface area contributed by atoms with Crippen LogP contribution in [0.3, 0.4) is 0 Å². The van der Waals surface area contributed by atoms with Crippen LogP contribution in [0.4, 0.5) is 0 Å². The monoisotopic (exact) mass is 696 g/mol. The van der Waals surface area contributed by atoms with Crippen molar-refractivity contribution in [3.8, 4) is 0 Å². The third-order valence-corrected chi connectivity index (χ3v) is 13.7. The van der Waals surface area contributed by atoms with E-state index >= 15 is 0 Å². The molecule has 0 amide bonds. The standard InChI is InChI=1S/C39H44P2.C5H6.Fe/c1-25-13-26(2)18-34(17-25)40(35-19-27(3)14-28(4)20-35)33(9)38-11-10-12-39(38)41(36-21-29(5)15-30(6)22-36)37-23-31(7)16-32(8)24-37;1-2-4-5-3-1;/h11-24,33H,10H2,1-9H3;1-4H,5H2;/t33-;;/m1../s1. The molecular weight excluding hydrogens is 646 g/mol. The van der Waals surface area contributed by atoms with E-state index in [1.165, 1.54) is 65.7 Å². The van der Waals surface area contributed by atoms with Gasteiger partial charge in [0.1, 0.15) is 0 Å². The van der Waals surface area contributed by atoms with Crippen molar-refractivity contribution < 1.29 is 17.1 Å². The number of allylic oxidation sites excluding steroid dienone is 8. The molecule has 0 bridgehead atoms. The minimum absolute atomic E-state index is 0. The number of hydrogen-bond donors (Lipinski definition) is 0. The molecule has 6 rings (SSSR count). The van der Waals surface area contributed by atoms with Crippen molar-refractivity contribution in [3.05, 3.63) is 165 Å². The molecule has 0 saturated heterocycles. The Labute approximate surface area is 298 Å². The minimum Gasteiger partial charge on any atom is -0.0808 e. The number of rotatable bonds is 7. The van der Waals surface area contributed by atoms with E-state index in [-0.39, 0.29) is 17.1 Å². The molecule has 4 aromatic rings. The molecular formula is C44H50FeP2. The van der Waals surface area contributed by atoms with E-state index in [1.54, 1.807) is 10.9 Å². The van der Waals surface area contributed by atoms with Gasteiger partial charge in [0.15, 0.2) is 0 Å². The van der Waals surface area contributed by atoms with Gasteiger partial charge in [-0.25, -0.2) is 0 Å². The Kier molecular flexibility index (Phi) is 13.0. The summed E-state index contributed by atoms with van der Waals surface area (Å²) < 4.78 is 0. The van der Waals surface area contributed by atoms with Gasteiger partial charge in [-0.15, -0.1) is 0 Å². The Hall–Kier alpha value is -2.78. The summed E-state index contributed by atoms with van der Waals surface area (Å²) >= 11 is 0. The molecule has 0 unspecified atom stereocenters. The summed E-state index contributed by atoms with van der Waals surface area (Å²) in [5.74, 6) is 0. The van der Waals surface area contributed by atoms with Crippen LogP contribution in [0, 0.1) is 55.4 Å². The van der Waals surface area contributed by atoms with E-state index in [0.29, 0.717) is 5.66 Å². The zero-order chi connectivity index (χ0) is 33.0. The first-order valence-electron chi connectivity index (χ1n) is 16.6. The fraction of sp³-hybridized carbons (Fsp3) is 0.273. The first-order chi connectivity index (χ1) is 22.0. The maximum absolute atomic E-state index is 2.55. The molecule has 0 spiro atoms. The second-order valence-electron chi connectivity index (χ2n) is 13.3. The van der Waals surface area contributed by atoms with Gasteiger partial charge >= 0.3 is 0 Å². The topological polar surface area (TPSA) is 0 Å². The SMILES string of the molecule is C1=CCC=C1.Cc1cc(C)cc(P(C2=CCC=C2[C@@H](C)P(c2cc(C)cc(C)c2)c2cc(C)cc(C)c2)c2cc(C)cc(C)c2)c1.[Fe]. The van der Waals surface area contributed by atoms with Crippen molar-refractivity contribution in [3.63, 3.8) is 0 Å². The number of aryl methyl sites for hydroxylation is 8. The fourth-order valence-corrected chi connectivity index (χ4v) is 13.2. The van der Waals surface area contributed by atoms with E-state index in [4.69, 9.17) is 0 Å². The van der Waals surface area contributed by atoms with E-state index in [9.17, 15) is 0 Å². The normalized spacial score (nSPS) is 14.1. The molecule has 0 nitrogen and oxygen atoms in total. The van der Waals surface area contributed by atoms with E-state index in [1.807, 2.05) is 0 Å². The Morgan fingerprint density at radius 2 is 0.787 bits per heavy atom. The summed E-state index contributed by atoms with van der Waals surface area (Å²) in [5, 5.41) is 7.48. The Morgan fingerprint density at radius 3 is 1.11 bits per heavy atom. The van der Waals surface area contributed by atoms with E-state index < -0.39 is 15.8 Å². The molecule has 47 heavy (non-hydrogen) atoms. The maximum atomic E-state index is 2.55. The third-order valence-electron chi connectivity index (χ3n) is 8.58. The van der Waals surface area contributed by atoms with Crippen molar-refractivity contribution in [2.24, 2.45) is 0 Å². The average molecular weight is 697 g/mol. The zero-order valence-electron chi connectivity index (χ0n) is 29.6. The van der Waals surface area contributed by atoms with E-state index in [2.05, 4.69) is 172 Å². The van der Waals surface area contributed by atoms with Crippen LogP contribution in [-0.2, 0) is 17.1 Å². The average Bonchev–Trinajstić information content (AvgIpc) is 3.68. The van der Waals surface area contributed by atoms with Crippen LogP contribution in [-0.4, -0.2) is 5.66 Å². The molecule has 2 aliphatic rings. The molecule has 0 fully saturated rings. The Bertz CT molecular complexity index is 1660. The quantitative estimate of drug-likeness (QED) is 0.133. The molecule has 4 aromatic carbocycles. The van der Waals surface area contributed by atoms with Crippen LogP contribution < -0.4 is 21.2 Å². The number of hydrogen-bond acceptors (Lipinski definition) is 0. The molecule has 0 heterocycles. The van der Waals surface area contributed by atoms with Crippen molar-refractivity contribution >= 4 is 37.1 Å². The Morgan fingerprint density at radius 1 is 0.447 bits per heavy atom. The summed E-state index contributed by atoms with van der Waals surface area (Å²) in [4.78, 5) is 0. The summed E-state index contributed by atoms with van der Waals surface area (Å²) in [5.41, 5.74) is 12.8. The molecule has 244 valence electrons. The van der Waals surface area contributed by atoms with Crippen molar-refractivity contribution in [1.29, 1.82) is 0 Å². The molecule has 0 N–H and O–H groups in total. The predicted octanol–water partition coefficient (Wildman–Crippen LogP) is 10.8. The smallest absolute Gasteiger partial charge is 0.00970 e. The van der Waals surface area contributed by atoms with Gasteiger partial charge in [0.2, 0.25) is 0 Å². The van der Waals surface area contributed by atoms with Gasteiger partial charge in [0.25, 0.3) is 0 Å². The second-order valence-corrected chi connectivity index (χ2v) is 18.1. The van der Waals surface area contributed by atoms with Gasteiger partial charge in [-0.2, -0.15) is 0 Å². The summed E-state index contributed by atoms with van der Waals surface area (Å²) in [6, 6.07) is 28.8. The van der Waals surface area contributed by atoms with Crippen LogP contribution in [0.15, 0.2) is 120 Å². The molecule has 0 radical (unpaired) electrons. The molecule has 0 aliphatic heterocycles. The molecule has 0 aromatic heterocycles. The van der Waals surface area contributed by atoms with Gasteiger partial charge in [0.05, 0.1) is 0 Å². The van der Waals surface area contributed by atoms with E-state index in [0.717, 1.165) is 12.8 Å². The fourth-order valence-electron chi connectivity index (χ4n) is 7.02. The Balaban J connectivity index is 0.000000762. The van der Waals surface area contributed by atoms with Crippen LogP contribution in [0.5, 0.6) is 0 Å². The summed E-state index contributed by atoms with van der Waals surface area (Å²) in [6.45, 7) is 20.5. The van der Waals surface area contributed by atoms with Gasteiger partial charge in [-0.05, 0) is 116 Å².